The SMILES string of the molecule is CCCCCCCCCCCCCC/C=C/[C@@H](O)C(=O)OC. The van der Waals surface area contributed by atoms with Gasteiger partial charge in [0.05, 0.1) is 7.11 Å². The molecule has 0 aliphatic heterocycles. The molecule has 0 aromatic heterocycles. The summed E-state index contributed by atoms with van der Waals surface area (Å²) >= 11 is 0. The van der Waals surface area contributed by atoms with E-state index in [4.69, 9.17) is 0 Å². The van der Waals surface area contributed by atoms with Gasteiger partial charge >= 0.3 is 5.97 Å². The van der Waals surface area contributed by atoms with Gasteiger partial charge in [0.25, 0.3) is 0 Å². The first kappa shape index (κ1) is 21.2. The van der Waals surface area contributed by atoms with Gasteiger partial charge < -0.3 is 9.84 Å². The van der Waals surface area contributed by atoms with Crippen LogP contribution < -0.4 is 0 Å². The molecule has 0 unspecified atom stereocenters. The van der Waals surface area contributed by atoms with Crippen molar-refractivity contribution in [1.82, 2.24) is 0 Å². The number of aliphatic hydroxyl groups is 1. The monoisotopic (exact) mass is 312 g/mol. The smallest absolute Gasteiger partial charge is 0.338 e. The molecule has 3 nitrogen and oxygen atoms in total. The van der Waals surface area contributed by atoms with Crippen molar-refractivity contribution in [2.24, 2.45) is 0 Å². The highest BCUT2D eigenvalue weighted by molar-refractivity contribution is 5.76. The van der Waals surface area contributed by atoms with Crippen LogP contribution >= 0.6 is 0 Å². The van der Waals surface area contributed by atoms with Crippen LogP contribution in [0.15, 0.2) is 12.2 Å². The van der Waals surface area contributed by atoms with Gasteiger partial charge in [0.15, 0.2) is 6.10 Å². The van der Waals surface area contributed by atoms with Crippen molar-refractivity contribution in [2.75, 3.05) is 7.11 Å². The summed E-state index contributed by atoms with van der Waals surface area (Å²) in [4.78, 5) is 11.0. The van der Waals surface area contributed by atoms with E-state index in [-0.39, 0.29) is 0 Å². The van der Waals surface area contributed by atoms with Crippen LogP contribution in [-0.2, 0) is 9.53 Å². The summed E-state index contributed by atoms with van der Waals surface area (Å²) in [5, 5.41) is 9.35. The molecule has 130 valence electrons. The Morgan fingerprint density at radius 3 is 1.82 bits per heavy atom. The van der Waals surface area contributed by atoms with Crippen molar-refractivity contribution in [2.45, 2.75) is 96.5 Å². The largest absolute Gasteiger partial charge is 0.467 e. The highest BCUT2D eigenvalue weighted by Crippen LogP contribution is 2.12. The van der Waals surface area contributed by atoms with Gasteiger partial charge in [-0.2, -0.15) is 0 Å². The third-order valence-corrected chi connectivity index (χ3v) is 3.99. The number of unbranched alkanes of at least 4 members (excludes halogenated alkanes) is 12. The third-order valence-electron chi connectivity index (χ3n) is 3.99. The maximum absolute atomic E-state index is 11.0. The minimum absolute atomic E-state index is 0.592. The minimum atomic E-state index is -1.11. The molecule has 0 saturated heterocycles. The Hall–Kier alpha value is -0.830. The fourth-order valence-electron chi connectivity index (χ4n) is 2.53. The summed E-state index contributed by atoms with van der Waals surface area (Å²) in [6.07, 6.45) is 19.3. The first-order chi connectivity index (χ1) is 10.7. The minimum Gasteiger partial charge on any atom is -0.467 e. The maximum atomic E-state index is 11.0. The number of carbonyl (C=O) groups excluding carboxylic acids is 1. The van der Waals surface area contributed by atoms with Gasteiger partial charge in [-0.3, -0.25) is 0 Å². The lowest BCUT2D eigenvalue weighted by Crippen LogP contribution is -2.18. The standard InChI is InChI=1S/C19H36O3/c1-3-4-5-6-7-8-9-10-11-12-13-14-15-16-17-18(20)19(21)22-2/h16-18,20H,3-15H2,1-2H3/b17-16+/t18-/m1/s1. The predicted molar refractivity (Wildman–Crippen MR) is 92.9 cm³/mol. The molecule has 0 amide bonds. The van der Waals surface area contributed by atoms with Crippen LogP contribution in [0.3, 0.4) is 0 Å². The summed E-state index contributed by atoms with van der Waals surface area (Å²) in [5.74, 6) is -0.592. The molecule has 22 heavy (non-hydrogen) atoms. The highest BCUT2D eigenvalue weighted by Gasteiger charge is 2.09. The summed E-state index contributed by atoms with van der Waals surface area (Å²) in [6, 6.07) is 0. The second-order valence-corrected chi connectivity index (χ2v) is 6.07. The first-order valence-electron chi connectivity index (χ1n) is 9.15. The van der Waals surface area contributed by atoms with Crippen molar-refractivity contribution < 1.29 is 14.6 Å². The Labute approximate surface area is 137 Å². The average Bonchev–Trinajstić information content (AvgIpc) is 2.54. The molecule has 0 radical (unpaired) electrons. The topological polar surface area (TPSA) is 46.5 Å². The normalized spacial score (nSPS) is 12.7. The van der Waals surface area contributed by atoms with Crippen LogP contribution in [0.1, 0.15) is 90.4 Å². The van der Waals surface area contributed by atoms with E-state index >= 15 is 0 Å². The van der Waals surface area contributed by atoms with Crippen molar-refractivity contribution in [3.63, 3.8) is 0 Å². The molecule has 0 heterocycles. The van der Waals surface area contributed by atoms with Crippen molar-refractivity contribution in [3.05, 3.63) is 12.2 Å². The molecule has 0 aromatic rings. The van der Waals surface area contributed by atoms with E-state index in [1.165, 1.54) is 83.8 Å². The van der Waals surface area contributed by atoms with Crippen molar-refractivity contribution in [3.8, 4) is 0 Å². The third kappa shape index (κ3) is 14.1. The zero-order valence-corrected chi connectivity index (χ0v) is 14.7. The van der Waals surface area contributed by atoms with Crippen LogP contribution in [0.4, 0.5) is 0 Å². The van der Waals surface area contributed by atoms with Gasteiger partial charge in [0.2, 0.25) is 0 Å². The molecule has 0 aromatic carbocycles. The molecular formula is C19H36O3. The fraction of sp³-hybridized carbons (Fsp3) is 0.842. The number of carbonyl (C=O) groups is 1. The Morgan fingerprint density at radius 2 is 1.36 bits per heavy atom. The zero-order chi connectivity index (χ0) is 16.5. The van der Waals surface area contributed by atoms with E-state index in [2.05, 4.69) is 11.7 Å². The second-order valence-electron chi connectivity index (χ2n) is 6.07. The van der Waals surface area contributed by atoms with Crippen LogP contribution in [0.5, 0.6) is 0 Å². The van der Waals surface area contributed by atoms with Gasteiger partial charge in [0.1, 0.15) is 0 Å². The van der Waals surface area contributed by atoms with E-state index in [9.17, 15) is 9.90 Å². The number of esters is 1. The van der Waals surface area contributed by atoms with Gasteiger partial charge in [0, 0.05) is 0 Å². The molecule has 1 atom stereocenters. The van der Waals surface area contributed by atoms with Gasteiger partial charge in [-0.1, -0.05) is 83.6 Å². The maximum Gasteiger partial charge on any atom is 0.338 e. The summed E-state index contributed by atoms with van der Waals surface area (Å²) in [6.45, 7) is 2.26. The summed E-state index contributed by atoms with van der Waals surface area (Å²) in [7, 11) is 1.28. The quantitative estimate of drug-likeness (QED) is 0.258. The van der Waals surface area contributed by atoms with Crippen molar-refractivity contribution in [1.29, 1.82) is 0 Å². The van der Waals surface area contributed by atoms with Crippen LogP contribution in [0.2, 0.25) is 0 Å². The van der Waals surface area contributed by atoms with Crippen LogP contribution in [0.25, 0.3) is 0 Å². The number of hydrogen-bond donors (Lipinski definition) is 1. The molecule has 0 aliphatic rings. The Balaban J connectivity index is 3.20. The van der Waals surface area contributed by atoms with Gasteiger partial charge in [-0.05, 0) is 18.9 Å². The van der Waals surface area contributed by atoms with Crippen molar-refractivity contribution >= 4 is 5.97 Å². The molecule has 0 bridgehead atoms. The molecule has 1 N–H and O–H groups in total. The lowest BCUT2D eigenvalue weighted by atomic mass is 10.0. The number of allylic oxidation sites excluding steroid dienone is 1. The first-order valence-corrected chi connectivity index (χ1v) is 9.15. The average molecular weight is 312 g/mol. The zero-order valence-electron chi connectivity index (χ0n) is 14.7. The van der Waals surface area contributed by atoms with Gasteiger partial charge in [-0.25, -0.2) is 4.79 Å². The number of ether oxygens (including phenoxy) is 1. The Morgan fingerprint density at radius 1 is 0.909 bits per heavy atom. The summed E-state index contributed by atoms with van der Waals surface area (Å²) < 4.78 is 4.44. The Bertz CT molecular complexity index is 274. The second kappa shape index (κ2) is 16.5. The Kier molecular flexibility index (Phi) is 15.9. The van der Waals surface area contributed by atoms with Gasteiger partial charge in [-0.15, -0.1) is 0 Å². The fourth-order valence-corrected chi connectivity index (χ4v) is 2.53. The lowest BCUT2D eigenvalue weighted by Gasteiger charge is -2.03. The van der Waals surface area contributed by atoms with Crippen LogP contribution in [-0.4, -0.2) is 24.3 Å². The number of rotatable bonds is 15. The molecule has 0 aliphatic carbocycles. The number of hydrogen-bond acceptors (Lipinski definition) is 3. The predicted octanol–water partition coefficient (Wildman–Crippen LogP) is 5.17. The van der Waals surface area contributed by atoms with Crippen LogP contribution in [0, 0.1) is 0 Å². The number of aliphatic hydroxyl groups excluding tert-OH is 1. The molecule has 0 fully saturated rings. The lowest BCUT2D eigenvalue weighted by molar-refractivity contribution is -0.147. The van der Waals surface area contributed by atoms with E-state index in [0.29, 0.717) is 0 Å². The number of methoxy groups -OCH3 is 1. The molecule has 0 rings (SSSR count). The van der Waals surface area contributed by atoms with E-state index < -0.39 is 12.1 Å². The molecule has 0 spiro atoms. The van der Waals surface area contributed by atoms with E-state index in [0.717, 1.165) is 12.8 Å². The molecule has 0 saturated carbocycles. The highest BCUT2D eigenvalue weighted by atomic mass is 16.5. The van der Waals surface area contributed by atoms with E-state index in [1.54, 1.807) is 0 Å². The summed E-state index contributed by atoms with van der Waals surface area (Å²) in [5.41, 5.74) is 0. The van der Waals surface area contributed by atoms with E-state index in [1.807, 2.05) is 6.08 Å². The molecular weight excluding hydrogens is 276 g/mol. The molecule has 3 heteroatoms.